The number of sulfonamides is 1. The van der Waals surface area contributed by atoms with Crippen LogP contribution >= 0.6 is 0 Å². The average Bonchev–Trinajstić information content (AvgIpc) is 2.71. The number of ether oxygens (including phenoxy) is 2. The molecule has 3 aliphatic heterocycles. The first-order valence-electron chi connectivity index (χ1n) is 10.2. The minimum absolute atomic E-state index is 0.0308. The molecule has 1 aromatic carbocycles. The van der Waals surface area contributed by atoms with Crippen LogP contribution in [0.1, 0.15) is 43.2 Å². The summed E-state index contributed by atoms with van der Waals surface area (Å²) in [6.07, 6.45) is 4.46. The second-order valence-corrected chi connectivity index (χ2v) is 9.59. The second-order valence-electron chi connectivity index (χ2n) is 7.95. The van der Waals surface area contributed by atoms with Crippen molar-refractivity contribution in [1.29, 1.82) is 0 Å². The van der Waals surface area contributed by atoms with Crippen LogP contribution in [-0.4, -0.2) is 57.5 Å². The lowest BCUT2D eigenvalue weighted by molar-refractivity contribution is -0.148. The van der Waals surface area contributed by atoms with Gasteiger partial charge in [-0.2, -0.15) is 0 Å². The smallest absolute Gasteiger partial charge is 0.259 e. The monoisotopic (exact) mass is 421 g/mol. The van der Waals surface area contributed by atoms with E-state index in [0.29, 0.717) is 36.6 Å². The van der Waals surface area contributed by atoms with Gasteiger partial charge < -0.3 is 20.1 Å². The van der Waals surface area contributed by atoms with Gasteiger partial charge in [0.1, 0.15) is 17.7 Å². The molecule has 1 amide bonds. The number of likely N-dealkylation sites (tertiary alicyclic amines) is 1. The van der Waals surface area contributed by atoms with Gasteiger partial charge in [0.25, 0.3) is 15.9 Å². The standard InChI is InChI=1S/C20H27N3O5S/c21-19-18-15(13-29(25,26)22-19)6-3-8-16(18)28-12-14-5-4-9-23(11-14)20(24)17-7-1-2-10-27-17/h3,6,8,14,17H,1-2,4-5,7,9-13H2,(H2,21,22)/t14-,17?/m0/s1. The van der Waals surface area contributed by atoms with E-state index >= 15 is 0 Å². The number of hydrogen-bond acceptors (Lipinski definition) is 6. The van der Waals surface area contributed by atoms with Crippen LogP contribution in [0.5, 0.6) is 5.75 Å². The van der Waals surface area contributed by atoms with Crippen LogP contribution in [0, 0.1) is 5.92 Å². The van der Waals surface area contributed by atoms with Crippen molar-refractivity contribution >= 4 is 21.8 Å². The second kappa shape index (κ2) is 8.31. The third-order valence-corrected chi connectivity index (χ3v) is 6.85. The summed E-state index contributed by atoms with van der Waals surface area (Å²) >= 11 is 0. The van der Waals surface area contributed by atoms with E-state index in [4.69, 9.17) is 15.2 Å². The van der Waals surface area contributed by atoms with E-state index in [1.807, 2.05) is 4.90 Å². The fraction of sp³-hybridized carbons (Fsp3) is 0.600. The molecule has 0 spiro atoms. The fourth-order valence-electron chi connectivity index (χ4n) is 4.28. The lowest BCUT2D eigenvalue weighted by atomic mass is 9.97. The summed E-state index contributed by atoms with van der Waals surface area (Å²) in [5.74, 6) is 0.632. The van der Waals surface area contributed by atoms with E-state index < -0.39 is 10.0 Å². The number of benzene rings is 1. The summed E-state index contributed by atoms with van der Waals surface area (Å²) in [6.45, 7) is 2.50. The first-order valence-corrected chi connectivity index (χ1v) is 11.8. The van der Waals surface area contributed by atoms with E-state index in [1.165, 1.54) is 0 Å². The molecule has 1 aromatic rings. The van der Waals surface area contributed by atoms with Crippen LogP contribution in [0.2, 0.25) is 0 Å². The molecule has 2 atom stereocenters. The topological polar surface area (TPSA) is 111 Å². The Morgan fingerprint density at radius 3 is 2.93 bits per heavy atom. The number of fused-ring (bicyclic) bond motifs is 1. The Morgan fingerprint density at radius 2 is 2.14 bits per heavy atom. The van der Waals surface area contributed by atoms with Crippen molar-refractivity contribution in [2.24, 2.45) is 16.0 Å². The van der Waals surface area contributed by atoms with Gasteiger partial charge in [-0.05, 0) is 43.7 Å². The van der Waals surface area contributed by atoms with Gasteiger partial charge in [-0.1, -0.05) is 12.1 Å². The van der Waals surface area contributed by atoms with Crippen LogP contribution in [-0.2, 0) is 25.3 Å². The van der Waals surface area contributed by atoms with Crippen molar-refractivity contribution in [2.45, 2.75) is 44.0 Å². The Hall–Kier alpha value is -2.13. The van der Waals surface area contributed by atoms with Crippen LogP contribution in [0.4, 0.5) is 0 Å². The van der Waals surface area contributed by atoms with Crippen LogP contribution in [0.25, 0.3) is 0 Å². The molecule has 0 aromatic heterocycles. The molecular formula is C20H27N3O5S. The minimum atomic E-state index is -3.57. The van der Waals surface area contributed by atoms with Crippen LogP contribution in [0.15, 0.2) is 22.6 Å². The molecule has 3 aliphatic rings. The van der Waals surface area contributed by atoms with Gasteiger partial charge in [0.15, 0.2) is 0 Å². The Bertz CT molecular complexity index is 909. The zero-order valence-corrected chi connectivity index (χ0v) is 17.2. The first kappa shape index (κ1) is 20.2. The largest absolute Gasteiger partial charge is 0.492 e. The normalized spacial score (nSPS) is 26.3. The van der Waals surface area contributed by atoms with Gasteiger partial charge in [-0.15, -0.1) is 4.40 Å². The van der Waals surface area contributed by atoms with Crippen molar-refractivity contribution < 1.29 is 22.7 Å². The molecular weight excluding hydrogens is 394 g/mol. The lowest BCUT2D eigenvalue weighted by Gasteiger charge is -2.35. The van der Waals surface area contributed by atoms with E-state index in [1.54, 1.807) is 18.2 Å². The summed E-state index contributed by atoms with van der Waals surface area (Å²) in [4.78, 5) is 14.6. The van der Waals surface area contributed by atoms with E-state index in [-0.39, 0.29) is 29.5 Å². The molecule has 4 rings (SSSR count). The molecule has 2 N–H and O–H groups in total. The summed E-state index contributed by atoms with van der Waals surface area (Å²) in [7, 11) is -3.57. The van der Waals surface area contributed by atoms with Gasteiger partial charge in [0, 0.05) is 25.6 Å². The van der Waals surface area contributed by atoms with Gasteiger partial charge in [-0.3, -0.25) is 4.79 Å². The van der Waals surface area contributed by atoms with Gasteiger partial charge in [0.05, 0.1) is 17.9 Å². The number of carbonyl (C=O) groups is 1. The molecule has 2 fully saturated rings. The molecule has 29 heavy (non-hydrogen) atoms. The number of nitrogens with zero attached hydrogens (tertiary/aromatic N) is 2. The number of rotatable bonds is 4. The van der Waals surface area contributed by atoms with Gasteiger partial charge in [-0.25, -0.2) is 8.42 Å². The summed E-state index contributed by atoms with van der Waals surface area (Å²) in [6, 6.07) is 5.27. The Balaban J connectivity index is 1.40. The molecule has 3 heterocycles. The molecule has 158 valence electrons. The highest BCUT2D eigenvalue weighted by Gasteiger charge is 2.31. The van der Waals surface area contributed by atoms with E-state index in [0.717, 1.165) is 38.6 Å². The minimum Gasteiger partial charge on any atom is -0.492 e. The van der Waals surface area contributed by atoms with E-state index in [2.05, 4.69) is 4.40 Å². The predicted molar refractivity (Wildman–Crippen MR) is 108 cm³/mol. The Labute approximate surface area is 171 Å². The molecule has 0 saturated carbocycles. The van der Waals surface area contributed by atoms with Crippen molar-refractivity contribution in [2.75, 3.05) is 26.3 Å². The predicted octanol–water partition coefficient (Wildman–Crippen LogP) is 1.42. The third kappa shape index (κ3) is 4.56. The molecule has 2 saturated heterocycles. The molecule has 9 heteroatoms. The van der Waals surface area contributed by atoms with Crippen molar-refractivity contribution in [3.05, 3.63) is 29.3 Å². The van der Waals surface area contributed by atoms with Crippen LogP contribution in [0.3, 0.4) is 0 Å². The van der Waals surface area contributed by atoms with Crippen LogP contribution < -0.4 is 10.5 Å². The Kier molecular flexibility index (Phi) is 5.78. The molecule has 0 radical (unpaired) electrons. The number of amides is 1. The first-order chi connectivity index (χ1) is 13.9. The van der Waals surface area contributed by atoms with Crippen molar-refractivity contribution in [3.8, 4) is 5.75 Å². The number of amidine groups is 1. The molecule has 0 bridgehead atoms. The quantitative estimate of drug-likeness (QED) is 0.787. The SMILES string of the molecule is NC1=NS(=O)(=O)Cc2cccc(OC[C@H]3CCCN(C(=O)C4CCCCO4)C3)c21. The van der Waals surface area contributed by atoms with Gasteiger partial charge in [0.2, 0.25) is 0 Å². The number of nitrogens with two attached hydrogens (primary N) is 1. The summed E-state index contributed by atoms with van der Waals surface area (Å²) < 4.78 is 38.9. The number of carbonyl (C=O) groups excluding carboxylic acids is 1. The zero-order chi connectivity index (χ0) is 20.4. The maximum absolute atomic E-state index is 12.7. The average molecular weight is 422 g/mol. The molecule has 0 aliphatic carbocycles. The summed E-state index contributed by atoms with van der Waals surface area (Å²) in [5, 5.41) is 0. The van der Waals surface area contributed by atoms with Crippen molar-refractivity contribution in [3.63, 3.8) is 0 Å². The number of piperidine rings is 1. The highest BCUT2D eigenvalue weighted by Crippen LogP contribution is 2.29. The molecule has 8 nitrogen and oxygen atoms in total. The lowest BCUT2D eigenvalue weighted by Crippen LogP contribution is -2.47. The maximum Gasteiger partial charge on any atom is 0.259 e. The fourth-order valence-corrected chi connectivity index (χ4v) is 5.37. The molecule has 1 unspecified atom stereocenters. The highest BCUT2D eigenvalue weighted by molar-refractivity contribution is 7.89. The Morgan fingerprint density at radius 1 is 1.28 bits per heavy atom. The maximum atomic E-state index is 12.7. The third-order valence-electron chi connectivity index (χ3n) is 5.70. The highest BCUT2D eigenvalue weighted by atomic mass is 32.2. The van der Waals surface area contributed by atoms with E-state index in [9.17, 15) is 13.2 Å². The number of hydrogen-bond donors (Lipinski definition) is 1. The van der Waals surface area contributed by atoms with Crippen molar-refractivity contribution in [1.82, 2.24) is 4.90 Å². The van der Waals surface area contributed by atoms with Gasteiger partial charge >= 0.3 is 0 Å². The summed E-state index contributed by atoms with van der Waals surface area (Å²) in [5.41, 5.74) is 7.06. The zero-order valence-electron chi connectivity index (χ0n) is 16.4.